The van der Waals surface area contributed by atoms with Gasteiger partial charge in [0.05, 0.1) is 6.10 Å². The van der Waals surface area contributed by atoms with Gasteiger partial charge in [-0.2, -0.15) is 0 Å². The zero-order valence-corrected chi connectivity index (χ0v) is 9.83. The third-order valence-electron chi connectivity index (χ3n) is 3.24. The zero-order chi connectivity index (χ0) is 10.6. The first kappa shape index (κ1) is 12.0. The smallest absolute Gasteiger partial charge is 0.0751 e. The van der Waals surface area contributed by atoms with Crippen molar-refractivity contribution in [2.75, 3.05) is 6.61 Å². The second-order valence-electron chi connectivity index (χ2n) is 4.91. The molecular formula is C12H25NO. The molecule has 1 aliphatic carbocycles. The predicted octanol–water partition coefficient (Wildman–Crippen LogP) is 2.57. The molecule has 0 aromatic carbocycles. The number of rotatable bonds is 4. The monoisotopic (exact) mass is 199 g/mol. The maximum Gasteiger partial charge on any atom is 0.0751 e. The van der Waals surface area contributed by atoms with E-state index in [2.05, 4.69) is 20.8 Å². The largest absolute Gasteiger partial charge is 0.376 e. The summed E-state index contributed by atoms with van der Waals surface area (Å²) in [5.74, 6) is 1.40. The van der Waals surface area contributed by atoms with E-state index in [4.69, 9.17) is 10.5 Å². The first-order valence-electron chi connectivity index (χ1n) is 6.02. The molecule has 1 aliphatic rings. The summed E-state index contributed by atoms with van der Waals surface area (Å²) < 4.78 is 5.87. The predicted molar refractivity (Wildman–Crippen MR) is 60.2 cm³/mol. The quantitative estimate of drug-likeness (QED) is 0.706. The minimum absolute atomic E-state index is 0.255. The normalized spacial score (nSPS) is 38.6. The van der Waals surface area contributed by atoms with Crippen LogP contribution >= 0.6 is 0 Å². The highest BCUT2D eigenvalue weighted by Crippen LogP contribution is 2.30. The molecule has 4 unspecified atom stereocenters. The molecule has 0 heterocycles. The average molecular weight is 199 g/mol. The van der Waals surface area contributed by atoms with Gasteiger partial charge in [0, 0.05) is 12.6 Å². The van der Waals surface area contributed by atoms with Gasteiger partial charge in [0.1, 0.15) is 0 Å². The highest BCUT2D eigenvalue weighted by molar-refractivity contribution is 4.86. The van der Waals surface area contributed by atoms with Crippen molar-refractivity contribution in [1.82, 2.24) is 0 Å². The molecule has 0 aromatic heterocycles. The van der Waals surface area contributed by atoms with Crippen LogP contribution in [0.25, 0.3) is 0 Å². The molecule has 1 saturated carbocycles. The van der Waals surface area contributed by atoms with Gasteiger partial charge in [-0.15, -0.1) is 0 Å². The molecule has 0 saturated heterocycles. The summed E-state index contributed by atoms with van der Waals surface area (Å²) in [5, 5.41) is 0. The standard InChI is InChI=1S/C12H25NO/c1-4-5-6-14-12-10(3)7-9(2)8-11(12)13/h9-12H,4-8,13H2,1-3H3. The van der Waals surface area contributed by atoms with E-state index >= 15 is 0 Å². The summed E-state index contributed by atoms with van der Waals surface area (Å²) in [7, 11) is 0. The SMILES string of the molecule is CCCCOC1C(C)CC(C)CC1N. The van der Waals surface area contributed by atoms with Crippen LogP contribution in [0.1, 0.15) is 46.5 Å². The number of nitrogens with two attached hydrogens (primary N) is 1. The molecule has 2 heteroatoms. The Bertz CT molecular complexity index is 148. The molecule has 2 N–H and O–H groups in total. The lowest BCUT2D eigenvalue weighted by atomic mass is 9.78. The third-order valence-corrected chi connectivity index (χ3v) is 3.24. The van der Waals surface area contributed by atoms with Gasteiger partial charge in [-0.3, -0.25) is 0 Å². The van der Waals surface area contributed by atoms with Gasteiger partial charge < -0.3 is 10.5 Å². The van der Waals surface area contributed by atoms with Crippen LogP contribution in [-0.2, 0) is 4.74 Å². The van der Waals surface area contributed by atoms with Crippen LogP contribution in [0.3, 0.4) is 0 Å². The number of unbranched alkanes of at least 4 members (excludes halogenated alkanes) is 1. The van der Waals surface area contributed by atoms with Gasteiger partial charge in [0.2, 0.25) is 0 Å². The van der Waals surface area contributed by atoms with Crippen molar-refractivity contribution in [3.63, 3.8) is 0 Å². The maximum atomic E-state index is 6.12. The topological polar surface area (TPSA) is 35.2 Å². The molecule has 1 rings (SSSR count). The molecule has 84 valence electrons. The van der Waals surface area contributed by atoms with Crippen LogP contribution in [0.5, 0.6) is 0 Å². The first-order valence-corrected chi connectivity index (χ1v) is 6.02. The van der Waals surface area contributed by atoms with Crippen LogP contribution in [0.15, 0.2) is 0 Å². The molecule has 1 fully saturated rings. The van der Waals surface area contributed by atoms with Crippen LogP contribution in [0.4, 0.5) is 0 Å². The molecule has 0 aliphatic heterocycles. The molecule has 0 aromatic rings. The van der Waals surface area contributed by atoms with E-state index in [1.54, 1.807) is 0 Å². The maximum absolute atomic E-state index is 6.12. The van der Waals surface area contributed by atoms with Crippen LogP contribution in [0.2, 0.25) is 0 Å². The van der Waals surface area contributed by atoms with E-state index in [0.29, 0.717) is 12.0 Å². The highest BCUT2D eigenvalue weighted by atomic mass is 16.5. The van der Waals surface area contributed by atoms with Crippen molar-refractivity contribution < 1.29 is 4.74 Å². The van der Waals surface area contributed by atoms with Crippen molar-refractivity contribution in [1.29, 1.82) is 0 Å². The second kappa shape index (κ2) is 5.72. The molecule has 0 spiro atoms. The van der Waals surface area contributed by atoms with E-state index in [0.717, 1.165) is 25.4 Å². The molecule has 0 bridgehead atoms. The van der Waals surface area contributed by atoms with Crippen molar-refractivity contribution in [3.8, 4) is 0 Å². The Balaban J connectivity index is 2.34. The van der Waals surface area contributed by atoms with Crippen molar-refractivity contribution in [2.45, 2.75) is 58.6 Å². The summed E-state index contributed by atoms with van der Waals surface area (Å²) in [5.41, 5.74) is 6.12. The third kappa shape index (κ3) is 3.25. The Kier molecular flexibility index (Phi) is 4.90. The Morgan fingerprint density at radius 1 is 1.29 bits per heavy atom. The van der Waals surface area contributed by atoms with Crippen LogP contribution < -0.4 is 5.73 Å². The summed E-state index contributed by atoms with van der Waals surface area (Å²) >= 11 is 0. The lowest BCUT2D eigenvalue weighted by Gasteiger charge is -2.37. The van der Waals surface area contributed by atoms with E-state index in [9.17, 15) is 0 Å². The molecule has 14 heavy (non-hydrogen) atoms. The first-order chi connectivity index (χ1) is 6.65. The zero-order valence-electron chi connectivity index (χ0n) is 9.83. The van der Waals surface area contributed by atoms with E-state index in [1.807, 2.05) is 0 Å². The fraction of sp³-hybridized carbons (Fsp3) is 1.00. The summed E-state index contributed by atoms with van der Waals surface area (Å²) in [6.07, 6.45) is 5.06. The minimum Gasteiger partial charge on any atom is -0.376 e. The average Bonchev–Trinajstić information content (AvgIpc) is 2.09. The molecule has 0 radical (unpaired) electrons. The highest BCUT2D eigenvalue weighted by Gasteiger charge is 2.32. The number of hydrogen-bond donors (Lipinski definition) is 1. The van der Waals surface area contributed by atoms with Gasteiger partial charge in [-0.1, -0.05) is 27.2 Å². The van der Waals surface area contributed by atoms with Crippen LogP contribution in [-0.4, -0.2) is 18.8 Å². The fourth-order valence-corrected chi connectivity index (χ4v) is 2.54. The molecule has 2 nitrogen and oxygen atoms in total. The van der Waals surface area contributed by atoms with E-state index < -0.39 is 0 Å². The molecular weight excluding hydrogens is 174 g/mol. The van der Waals surface area contributed by atoms with Crippen molar-refractivity contribution >= 4 is 0 Å². The lowest BCUT2D eigenvalue weighted by Crippen LogP contribution is -2.46. The second-order valence-corrected chi connectivity index (χ2v) is 4.91. The van der Waals surface area contributed by atoms with Gasteiger partial charge >= 0.3 is 0 Å². The summed E-state index contributed by atoms with van der Waals surface area (Å²) in [6, 6.07) is 0.255. The van der Waals surface area contributed by atoms with Crippen molar-refractivity contribution in [3.05, 3.63) is 0 Å². The van der Waals surface area contributed by atoms with Gasteiger partial charge in [0.25, 0.3) is 0 Å². The molecule has 4 atom stereocenters. The van der Waals surface area contributed by atoms with Crippen LogP contribution in [0, 0.1) is 11.8 Å². The molecule has 0 amide bonds. The minimum atomic E-state index is 0.255. The summed E-state index contributed by atoms with van der Waals surface area (Å²) in [4.78, 5) is 0. The fourth-order valence-electron chi connectivity index (χ4n) is 2.54. The Labute approximate surface area is 88.2 Å². The number of hydrogen-bond acceptors (Lipinski definition) is 2. The van der Waals surface area contributed by atoms with Gasteiger partial charge in [0.15, 0.2) is 0 Å². The van der Waals surface area contributed by atoms with E-state index in [-0.39, 0.29) is 6.04 Å². The summed E-state index contributed by atoms with van der Waals surface area (Å²) in [6.45, 7) is 7.63. The number of ether oxygens (including phenoxy) is 1. The Hall–Kier alpha value is -0.0800. The lowest BCUT2D eigenvalue weighted by molar-refractivity contribution is -0.0292. The Morgan fingerprint density at radius 2 is 2.00 bits per heavy atom. The van der Waals surface area contributed by atoms with Gasteiger partial charge in [-0.05, 0) is 31.1 Å². The van der Waals surface area contributed by atoms with Gasteiger partial charge in [-0.25, -0.2) is 0 Å². The van der Waals surface area contributed by atoms with Crippen molar-refractivity contribution in [2.24, 2.45) is 17.6 Å². The Morgan fingerprint density at radius 3 is 2.57 bits per heavy atom. The van der Waals surface area contributed by atoms with E-state index in [1.165, 1.54) is 12.8 Å².